The van der Waals surface area contributed by atoms with Crippen molar-refractivity contribution in [3.63, 3.8) is 0 Å². The summed E-state index contributed by atoms with van der Waals surface area (Å²) in [6, 6.07) is 14.3. The number of piperazine rings is 1. The molecule has 1 fully saturated rings. The Morgan fingerprint density at radius 2 is 1.92 bits per heavy atom. The van der Waals surface area contributed by atoms with E-state index in [1.807, 2.05) is 42.6 Å². The number of para-hydroxylation sites is 1. The van der Waals surface area contributed by atoms with Gasteiger partial charge in [-0.2, -0.15) is 0 Å². The molecule has 2 N–H and O–H groups in total. The molecule has 1 saturated heterocycles. The summed E-state index contributed by atoms with van der Waals surface area (Å²) in [6.07, 6.45) is 2.09. The van der Waals surface area contributed by atoms with E-state index in [1.165, 1.54) is 0 Å². The van der Waals surface area contributed by atoms with Gasteiger partial charge in [-0.15, -0.1) is 0 Å². The van der Waals surface area contributed by atoms with Crippen molar-refractivity contribution >= 4 is 34.3 Å². The number of nitrogens with zero attached hydrogens (tertiary/aromatic N) is 1. The van der Waals surface area contributed by atoms with Crippen molar-refractivity contribution in [2.75, 3.05) is 13.1 Å². The second kappa shape index (κ2) is 6.84. The molecule has 1 unspecified atom stereocenters. The molecule has 4 rings (SSSR count). The largest absolute Gasteiger partial charge is 0.361 e. The van der Waals surface area contributed by atoms with Gasteiger partial charge >= 0.3 is 0 Å². The number of H-pyrrole nitrogens is 1. The van der Waals surface area contributed by atoms with E-state index in [4.69, 9.17) is 11.6 Å². The van der Waals surface area contributed by atoms with Crippen molar-refractivity contribution in [3.05, 3.63) is 70.9 Å². The minimum Gasteiger partial charge on any atom is -0.361 e. The van der Waals surface area contributed by atoms with Crippen molar-refractivity contribution in [1.82, 2.24) is 15.2 Å². The maximum atomic E-state index is 13.0. The molecule has 6 heteroatoms. The topological polar surface area (TPSA) is 65.2 Å². The fraction of sp³-hybridized carbons (Fsp3) is 0.200. The Kier molecular flexibility index (Phi) is 4.39. The van der Waals surface area contributed by atoms with Crippen LogP contribution in [0.25, 0.3) is 10.9 Å². The lowest BCUT2D eigenvalue weighted by Crippen LogP contribution is -2.52. The van der Waals surface area contributed by atoms with Crippen LogP contribution in [0.5, 0.6) is 0 Å². The van der Waals surface area contributed by atoms with Crippen LogP contribution in [0, 0.1) is 0 Å². The van der Waals surface area contributed by atoms with Crippen LogP contribution in [0.3, 0.4) is 0 Å². The first kappa shape index (κ1) is 16.7. The molecule has 132 valence electrons. The maximum Gasteiger partial charge on any atom is 0.247 e. The Hall–Kier alpha value is -2.79. The number of amides is 2. The summed E-state index contributed by atoms with van der Waals surface area (Å²) < 4.78 is 0. The first-order valence-electron chi connectivity index (χ1n) is 8.52. The molecule has 1 aliphatic heterocycles. The molecule has 1 atom stereocenters. The van der Waals surface area contributed by atoms with E-state index in [2.05, 4.69) is 10.3 Å². The van der Waals surface area contributed by atoms with Gasteiger partial charge in [0.15, 0.2) is 0 Å². The molecule has 3 aromatic rings. The highest BCUT2D eigenvalue weighted by atomic mass is 35.5. The lowest BCUT2D eigenvalue weighted by Gasteiger charge is -2.35. The number of hydrogen-bond acceptors (Lipinski definition) is 2. The zero-order chi connectivity index (χ0) is 18.1. The number of benzene rings is 2. The summed E-state index contributed by atoms with van der Waals surface area (Å²) in [5.41, 5.74) is 2.57. The highest BCUT2D eigenvalue weighted by molar-refractivity contribution is 6.31. The third-order valence-corrected chi connectivity index (χ3v) is 5.09. The van der Waals surface area contributed by atoms with E-state index in [0.29, 0.717) is 23.7 Å². The molecular weight excluding hydrogens is 350 g/mol. The predicted octanol–water partition coefficient (Wildman–Crippen LogP) is 3.06. The molecule has 2 aromatic carbocycles. The maximum absolute atomic E-state index is 13.0. The lowest BCUT2D eigenvalue weighted by atomic mass is 10.0. The summed E-state index contributed by atoms with van der Waals surface area (Å²) in [7, 11) is 0. The molecule has 0 bridgehead atoms. The van der Waals surface area contributed by atoms with Crippen LogP contribution >= 0.6 is 11.6 Å². The van der Waals surface area contributed by atoms with Crippen LogP contribution in [-0.4, -0.2) is 34.8 Å². The number of fused-ring (bicyclic) bond motifs is 1. The van der Waals surface area contributed by atoms with E-state index >= 15 is 0 Å². The minimum absolute atomic E-state index is 0.0884. The van der Waals surface area contributed by atoms with Crippen molar-refractivity contribution in [2.24, 2.45) is 0 Å². The number of carbonyl (C=O) groups is 2. The zero-order valence-electron chi connectivity index (χ0n) is 14.0. The lowest BCUT2D eigenvalue weighted by molar-refractivity contribution is -0.143. The summed E-state index contributed by atoms with van der Waals surface area (Å²) in [5, 5.41) is 4.34. The number of rotatable bonds is 3. The Labute approximate surface area is 155 Å². The number of carbonyl (C=O) groups excluding carboxylic acids is 2. The molecule has 0 spiro atoms. The van der Waals surface area contributed by atoms with E-state index in [-0.39, 0.29) is 18.2 Å². The second-order valence-corrected chi connectivity index (χ2v) is 6.75. The number of aromatic nitrogens is 1. The Balaban J connectivity index is 1.65. The van der Waals surface area contributed by atoms with Crippen molar-refractivity contribution in [1.29, 1.82) is 0 Å². The summed E-state index contributed by atoms with van der Waals surface area (Å²) >= 11 is 6.29. The zero-order valence-corrected chi connectivity index (χ0v) is 14.8. The van der Waals surface area contributed by atoms with Gasteiger partial charge in [-0.3, -0.25) is 9.59 Å². The van der Waals surface area contributed by atoms with Gasteiger partial charge in [0.25, 0.3) is 0 Å². The van der Waals surface area contributed by atoms with Gasteiger partial charge in [-0.25, -0.2) is 0 Å². The number of nitrogens with one attached hydrogen (secondary N) is 2. The van der Waals surface area contributed by atoms with E-state index in [0.717, 1.165) is 16.5 Å². The summed E-state index contributed by atoms with van der Waals surface area (Å²) in [6.45, 7) is 0.905. The molecule has 0 saturated carbocycles. The van der Waals surface area contributed by atoms with E-state index in [9.17, 15) is 9.59 Å². The van der Waals surface area contributed by atoms with Gasteiger partial charge in [0.05, 0.1) is 6.42 Å². The molecule has 1 aliphatic rings. The SMILES string of the molecule is O=C1NCCN(C(=O)Cc2c[nH]c3ccccc23)C1c1ccccc1Cl. The average molecular weight is 368 g/mol. The molecule has 0 radical (unpaired) electrons. The molecule has 0 aliphatic carbocycles. The van der Waals surface area contributed by atoms with Crippen LogP contribution in [0.2, 0.25) is 5.02 Å². The molecule has 5 nitrogen and oxygen atoms in total. The van der Waals surface area contributed by atoms with Crippen LogP contribution in [0.1, 0.15) is 17.2 Å². The van der Waals surface area contributed by atoms with Crippen LogP contribution in [-0.2, 0) is 16.0 Å². The predicted molar refractivity (Wildman–Crippen MR) is 101 cm³/mol. The molecule has 2 amide bonds. The van der Waals surface area contributed by atoms with Gasteiger partial charge < -0.3 is 15.2 Å². The standard InChI is InChI=1S/C20H18ClN3O2/c21-16-7-3-1-6-15(16)19-20(26)22-9-10-24(19)18(25)11-13-12-23-17-8-4-2-5-14(13)17/h1-8,12,19,23H,9-11H2,(H,22,26). The van der Waals surface area contributed by atoms with Gasteiger partial charge in [0, 0.05) is 40.8 Å². The average Bonchev–Trinajstić information content (AvgIpc) is 3.05. The number of halogens is 1. The minimum atomic E-state index is -0.699. The van der Waals surface area contributed by atoms with Crippen LogP contribution in [0.4, 0.5) is 0 Å². The van der Waals surface area contributed by atoms with E-state index < -0.39 is 6.04 Å². The van der Waals surface area contributed by atoms with Gasteiger partial charge in [-0.1, -0.05) is 48.0 Å². The first-order chi connectivity index (χ1) is 12.6. The van der Waals surface area contributed by atoms with Gasteiger partial charge in [0.1, 0.15) is 6.04 Å². The molecule has 2 heterocycles. The Morgan fingerprint density at radius 1 is 1.15 bits per heavy atom. The smallest absolute Gasteiger partial charge is 0.247 e. The fourth-order valence-corrected chi connectivity index (χ4v) is 3.72. The van der Waals surface area contributed by atoms with Gasteiger partial charge in [-0.05, 0) is 17.7 Å². The quantitative estimate of drug-likeness (QED) is 0.747. The molecular formula is C20H18ClN3O2. The Morgan fingerprint density at radius 3 is 2.77 bits per heavy atom. The van der Waals surface area contributed by atoms with Gasteiger partial charge in [0.2, 0.25) is 11.8 Å². The van der Waals surface area contributed by atoms with Crippen LogP contribution in [0.15, 0.2) is 54.7 Å². The molecule has 1 aromatic heterocycles. The normalized spacial score (nSPS) is 17.3. The first-order valence-corrected chi connectivity index (χ1v) is 8.89. The fourth-order valence-electron chi connectivity index (χ4n) is 3.48. The third-order valence-electron chi connectivity index (χ3n) is 4.75. The third kappa shape index (κ3) is 2.95. The van der Waals surface area contributed by atoms with Crippen molar-refractivity contribution in [2.45, 2.75) is 12.5 Å². The monoisotopic (exact) mass is 367 g/mol. The number of aromatic amines is 1. The molecule has 26 heavy (non-hydrogen) atoms. The Bertz CT molecular complexity index is 982. The summed E-state index contributed by atoms with van der Waals surface area (Å²) in [5.74, 6) is -0.286. The number of hydrogen-bond donors (Lipinski definition) is 2. The van der Waals surface area contributed by atoms with E-state index in [1.54, 1.807) is 17.0 Å². The summed E-state index contributed by atoms with van der Waals surface area (Å²) in [4.78, 5) is 30.4. The highest BCUT2D eigenvalue weighted by Crippen LogP contribution is 2.30. The second-order valence-electron chi connectivity index (χ2n) is 6.34. The highest BCUT2D eigenvalue weighted by Gasteiger charge is 2.35. The van der Waals surface area contributed by atoms with Crippen molar-refractivity contribution in [3.8, 4) is 0 Å². The van der Waals surface area contributed by atoms with Crippen LogP contribution < -0.4 is 5.32 Å². The van der Waals surface area contributed by atoms with Crippen molar-refractivity contribution < 1.29 is 9.59 Å².